The number of aromatic nitrogens is 1. The first kappa shape index (κ1) is 17.9. The van der Waals surface area contributed by atoms with Crippen LogP contribution in [0.1, 0.15) is 53.3 Å². The summed E-state index contributed by atoms with van der Waals surface area (Å²) in [6.07, 6.45) is -0.378. The maximum absolute atomic E-state index is 11.7. The number of thiazole rings is 1. The first-order valence-electron chi connectivity index (χ1n) is 7.30. The van der Waals surface area contributed by atoms with E-state index in [1.54, 1.807) is 11.3 Å². The van der Waals surface area contributed by atoms with Crippen molar-refractivity contribution in [2.45, 2.75) is 59.2 Å². The Kier molecular flexibility index (Phi) is 6.61. The minimum absolute atomic E-state index is 0.157. The zero-order valence-corrected chi connectivity index (χ0v) is 14.6. The van der Waals surface area contributed by atoms with Gasteiger partial charge in [0, 0.05) is 24.0 Å². The summed E-state index contributed by atoms with van der Waals surface area (Å²) >= 11 is 1.59. The Balaban J connectivity index is 2.49. The number of hydrogen-bond donors (Lipinski definition) is 2. The largest absolute Gasteiger partial charge is 0.444 e. The number of nitrogens with one attached hydrogen (secondary N) is 2. The lowest BCUT2D eigenvalue weighted by Crippen LogP contribution is -2.46. The van der Waals surface area contributed by atoms with E-state index in [0.29, 0.717) is 12.5 Å². The number of ether oxygens (including phenoxy) is 1. The third-order valence-corrected chi connectivity index (χ3v) is 3.63. The molecule has 0 radical (unpaired) electrons. The van der Waals surface area contributed by atoms with E-state index in [-0.39, 0.29) is 18.2 Å². The zero-order valence-electron chi connectivity index (χ0n) is 13.8. The first-order valence-corrected chi connectivity index (χ1v) is 8.24. The maximum atomic E-state index is 11.7. The third kappa shape index (κ3) is 6.91. The fourth-order valence-electron chi connectivity index (χ4n) is 1.84. The lowest BCUT2D eigenvalue weighted by molar-refractivity contribution is 0.0518. The molecule has 0 spiro atoms. The molecule has 120 valence electrons. The average molecular weight is 313 g/mol. The third-order valence-electron chi connectivity index (χ3n) is 3.03. The van der Waals surface area contributed by atoms with Crippen LogP contribution >= 0.6 is 11.3 Å². The molecule has 0 saturated carbocycles. The molecule has 1 rings (SSSR count). The van der Waals surface area contributed by atoms with Gasteiger partial charge in [0.1, 0.15) is 5.60 Å². The van der Waals surface area contributed by atoms with Gasteiger partial charge in [-0.05, 0) is 33.6 Å². The summed E-state index contributed by atoms with van der Waals surface area (Å²) in [4.78, 5) is 16.0. The summed E-state index contributed by atoms with van der Waals surface area (Å²) in [5.41, 5.74) is 2.39. The number of rotatable bonds is 6. The number of carbonyl (C=O) groups excluding carboxylic acids is 1. The van der Waals surface area contributed by atoms with Crippen LogP contribution in [-0.4, -0.2) is 29.3 Å². The van der Waals surface area contributed by atoms with Crippen LogP contribution in [0.25, 0.3) is 0 Å². The smallest absolute Gasteiger partial charge is 0.407 e. The predicted octanol–water partition coefficient (Wildman–Crippen LogP) is 3.34. The topological polar surface area (TPSA) is 63.2 Å². The SMILES string of the molecule is CC(NC(CNC(=O)OC(C)(C)C)C(C)C)c1cscn1. The fraction of sp³-hybridized carbons (Fsp3) is 0.733. The second-order valence-electron chi connectivity index (χ2n) is 6.53. The molecule has 0 aliphatic rings. The van der Waals surface area contributed by atoms with Gasteiger partial charge in [-0.3, -0.25) is 0 Å². The highest BCUT2D eigenvalue weighted by atomic mass is 32.1. The Morgan fingerprint density at radius 1 is 1.38 bits per heavy atom. The Morgan fingerprint density at radius 3 is 2.52 bits per heavy atom. The van der Waals surface area contributed by atoms with E-state index in [4.69, 9.17) is 4.74 Å². The van der Waals surface area contributed by atoms with Crippen LogP contribution in [0.15, 0.2) is 10.9 Å². The summed E-state index contributed by atoms with van der Waals surface area (Å²) < 4.78 is 5.26. The molecule has 0 aliphatic heterocycles. The van der Waals surface area contributed by atoms with Crippen molar-refractivity contribution in [1.82, 2.24) is 15.6 Å². The predicted molar refractivity (Wildman–Crippen MR) is 86.5 cm³/mol. The lowest BCUT2D eigenvalue weighted by Gasteiger charge is -2.27. The van der Waals surface area contributed by atoms with E-state index in [1.807, 2.05) is 31.7 Å². The number of hydrogen-bond acceptors (Lipinski definition) is 5. The van der Waals surface area contributed by atoms with E-state index in [0.717, 1.165) is 5.69 Å². The van der Waals surface area contributed by atoms with Crippen LogP contribution in [0.3, 0.4) is 0 Å². The van der Waals surface area contributed by atoms with Crippen LogP contribution in [0.4, 0.5) is 4.79 Å². The number of alkyl carbamates (subject to hydrolysis) is 1. The summed E-state index contributed by atoms with van der Waals surface area (Å²) in [6.45, 7) is 12.4. The van der Waals surface area contributed by atoms with Crippen molar-refractivity contribution in [3.63, 3.8) is 0 Å². The van der Waals surface area contributed by atoms with Gasteiger partial charge >= 0.3 is 6.09 Å². The molecule has 1 amide bonds. The minimum Gasteiger partial charge on any atom is -0.444 e. The monoisotopic (exact) mass is 313 g/mol. The second-order valence-corrected chi connectivity index (χ2v) is 7.25. The van der Waals surface area contributed by atoms with Gasteiger partial charge in [-0.2, -0.15) is 0 Å². The lowest BCUT2D eigenvalue weighted by atomic mass is 10.0. The van der Waals surface area contributed by atoms with Crippen LogP contribution in [0.2, 0.25) is 0 Å². The molecule has 0 fully saturated rings. The maximum Gasteiger partial charge on any atom is 0.407 e. The summed E-state index contributed by atoms with van der Waals surface area (Å²) in [5, 5.41) is 8.38. The van der Waals surface area contributed by atoms with Crippen LogP contribution in [-0.2, 0) is 4.74 Å². The first-order chi connectivity index (χ1) is 9.69. The molecular formula is C15H27N3O2S. The number of amides is 1. The average Bonchev–Trinajstić information content (AvgIpc) is 2.85. The molecule has 1 heterocycles. The summed E-state index contributed by atoms with van der Waals surface area (Å²) in [7, 11) is 0. The van der Waals surface area contributed by atoms with Gasteiger partial charge in [0.05, 0.1) is 11.2 Å². The Labute approximate surface area is 131 Å². The van der Waals surface area contributed by atoms with Crippen molar-refractivity contribution in [2.75, 3.05) is 6.54 Å². The molecule has 1 aromatic heterocycles. The van der Waals surface area contributed by atoms with Crippen molar-refractivity contribution < 1.29 is 9.53 Å². The molecule has 6 heteroatoms. The highest BCUT2D eigenvalue weighted by Gasteiger charge is 2.21. The molecule has 21 heavy (non-hydrogen) atoms. The van der Waals surface area contributed by atoms with E-state index in [2.05, 4.69) is 36.4 Å². The minimum atomic E-state index is -0.473. The molecule has 5 nitrogen and oxygen atoms in total. The molecule has 2 unspecified atom stereocenters. The summed E-state index contributed by atoms with van der Waals surface area (Å²) in [6, 6.07) is 0.318. The second kappa shape index (κ2) is 7.75. The normalized spacial score (nSPS) is 14.8. The molecule has 0 aromatic carbocycles. The van der Waals surface area contributed by atoms with Gasteiger partial charge < -0.3 is 15.4 Å². The van der Waals surface area contributed by atoms with Gasteiger partial charge in [0.2, 0.25) is 0 Å². The highest BCUT2D eigenvalue weighted by Crippen LogP contribution is 2.15. The van der Waals surface area contributed by atoms with Crippen molar-refractivity contribution in [2.24, 2.45) is 5.92 Å². The van der Waals surface area contributed by atoms with Crippen molar-refractivity contribution in [3.8, 4) is 0 Å². The molecule has 1 aromatic rings. The van der Waals surface area contributed by atoms with Crippen molar-refractivity contribution >= 4 is 17.4 Å². The van der Waals surface area contributed by atoms with Crippen molar-refractivity contribution in [1.29, 1.82) is 0 Å². The molecule has 0 aliphatic carbocycles. The Hall–Kier alpha value is -1.14. The van der Waals surface area contributed by atoms with Crippen molar-refractivity contribution in [3.05, 3.63) is 16.6 Å². The van der Waals surface area contributed by atoms with E-state index in [1.165, 1.54) is 0 Å². The quantitative estimate of drug-likeness (QED) is 0.845. The van der Waals surface area contributed by atoms with Crippen LogP contribution < -0.4 is 10.6 Å². The fourth-order valence-corrected chi connectivity index (χ4v) is 2.48. The highest BCUT2D eigenvalue weighted by molar-refractivity contribution is 7.07. The van der Waals surface area contributed by atoms with Crippen LogP contribution in [0.5, 0.6) is 0 Å². The van der Waals surface area contributed by atoms with Crippen LogP contribution in [0, 0.1) is 5.92 Å². The molecule has 2 atom stereocenters. The Morgan fingerprint density at radius 2 is 2.05 bits per heavy atom. The standard InChI is InChI=1S/C15H27N3O2S/c1-10(2)12(7-16-14(19)20-15(4,5)6)18-11(3)13-8-21-9-17-13/h8-12,18H,7H2,1-6H3,(H,16,19). The zero-order chi connectivity index (χ0) is 16.0. The molecule has 0 saturated heterocycles. The number of carbonyl (C=O) groups is 1. The van der Waals surface area contributed by atoms with E-state index in [9.17, 15) is 4.79 Å². The van der Waals surface area contributed by atoms with Gasteiger partial charge in [0.25, 0.3) is 0 Å². The molecule has 0 bridgehead atoms. The molecule has 2 N–H and O–H groups in total. The van der Waals surface area contributed by atoms with Gasteiger partial charge in [-0.15, -0.1) is 11.3 Å². The van der Waals surface area contributed by atoms with E-state index >= 15 is 0 Å². The molecular weight excluding hydrogens is 286 g/mol. The Bertz CT molecular complexity index is 427. The number of nitrogens with zero attached hydrogens (tertiary/aromatic N) is 1. The summed E-state index contributed by atoms with van der Waals surface area (Å²) in [5.74, 6) is 0.390. The van der Waals surface area contributed by atoms with E-state index < -0.39 is 5.60 Å². The van der Waals surface area contributed by atoms with Gasteiger partial charge in [-0.25, -0.2) is 9.78 Å². The van der Waals surface area contributed by atoms with Gasteiger partial charge in [0.15, 0.2) is 0 Å². The van der Waals surface area contributed by atoms with Gasteiger partial charge in [-0.1, -0.05) is 13.8 Å².